The first-order chi connectivity index (χ1) is 14.9. The number of aliphatic carboxylic acids is 1. The number of carboxylic acid groups (broad SMARTS) is 1. The number of esters is 1. The second-order valence-electron chi connectivity index (χ2n) is 11.5. The van der Waals surface area contributed by atoms with E-state index in [0.717, 1.165) is 31.3 Å². The molecule has 0 aliphatic heterocycles. The molecule has 4 rings (SSSR count). The van der Waals surface area contributed by atoms with E-state index >= 15 is 0 Å². The van der Waals surface area contributed by atoms with Gasteiger partial charge < -0.3 is 19.7 Å². The van der Waals surface area contributed by atoms with Gasteiger partial charge in [0.25, 0.3) is 0 Å². The van der Waals surface area contributed by atoms with Crippen LogP contribution in [0.5, 0.6) is 0 Å². The van der Waals surface area contributed by atoms with Crippen LogP contribution in [0.4, 0.5) is 0 Å². The van der Waals surface area contributed by atoms with E-state index in [1.54, 1.807) is 6.08 Å². The molecule has 3 unspecified atom stereocenters. The number of carboxylic acids is 1. The van der Waals surface area contributed by atoms with Crippen molar-refractivity contribution in [3.8, 4) is 0 Å². The van der Waals surface area contributed by atoms with E-state index in [0.29, 0.717) is 19.3 Å². The van der Waals surface area contributed by atoms with Crippen molar-refractivity contribution in [2.75, 3.05) is 0 Å². The summed E-state index contributed by atoms with van der Waals surface area (Å²) in [5, 5.41) is 22.8. The van der Waals surface area contributed by atoms with Crippen LogP contribution in [0.1, 0.15) is 85.5 Å². The predicted octanol–water partition coefficient (Wildman–Crippen LogP) is -0.0388. The van der Waals surface area contributed by atoms with Crippen LogP contribution < -0.4 is 56.5 Å². The van der Waals surface area contributed by atoms with Crippen molar-refractivity contribution in [3.05, 3.63) is 11.6 Å². The number of hydrogen-bond acceptors (Lipinski definition) is 6. The minimum absolute atomic E-state index is 0. The summed E-state index contributed by atoms with van der Waals surface area (Å²) in [7, 11) is 0. The second-order valence-corrected chi connectivity index (χ2v) is 11.5. The first kappa shape index (κ1) is 27.5. The summed E-state index contributed by atoms with van der Waals surface area (Å²) in [6.07, 6.45) is 6.49. The van der Waals surface area contributed by atoms with Crippen molar-refractivity contribution in [2.45, 2.75) is 97.2 Å². The average Bonchev–Trinajstić information content (AvgIpc) is 2.97. The molecule has 0 amide bonds. The summed E-state index contributed by atoms with van der Waals surface area (Å²) >= 11 is 0. The van der Waals surface area contributed by atoms with Crippen LogP contribution in [0.15, 0.2) is 11.6 Å². The van der Waals surface area contributed by atoms with Gasteiger partial charge in [-0.1, -0.05) is 19.4 Å². The number of aliphatic hydroxyl groups is 1. The topological polar surface area (TPSA) is 104 Å². The van der Waals surface area contributed by atoms with Gasteiger partial charge in [0.05, 0.1) is 17.6 Å². The van der Waals surface area contributed by atoms with Crippen LogP contribution in [0.3, 0.4) is 0 Å². The van der Waals surface area contributed by atoms with Crippen molar-refractivity contribution in [1.82, 2.24) is 0 Å². The fourth-order valence-electron chi connectivity index (χ4n) is 7.95. The van der Waals surface area contributed by atoms with Crippen LogP contribution in [0.25, 0.3) is 0 Å². The van der Waals surface area contributed by atoms with E-state index in [9.17, 15) is 24.6 Å². The summed E-state index contributed by atoms with van der Waals surface area (Å²) in [5.74, 6) is -1.09. The molecule has 4 aliphatic carbocycles. The van der Waals surface area contributed by atoms with Gasteiger partial charge in [-0.05, 0) is 99.9 Å². The molecule has 0 saturated heterocycles. The maximum atomic E-state index is 13.3. The minimum Gasteiger partial charge on any atom is -0.550 e. The Balaban J connectivity index is 0.00000306. The average molecular weight is 485 g/mol. The SMILES string of the molecule is CC(C)OC(=O)[C@@H]1CC2=CC(=O)CC[C@]2(C)C2CC[C@@]3(C)C(CC[C@@]3(O)CCC(=O)[O-])C21.[K+]. The molecule has 3 fully saturated rings. The monoisotopic (exact) mass is 484 g/mol. The Hall–Kier alpha value is -0.0536. The second kappa shape index (κ2) is 9.77. The maximum absolute atomic E-state index is 13.3. The van der Waals surface area contributed by atoms with Crippen molar-refractivity contribution >= 4 is 17.7 Å². The molecule has 3 saturated carbocycles. The van der Waals surface area contributed by atoms with E-state index < -0.39 is 17.0 Å². The van der Waals surface area contributed by atoms with Crippen molar-refractivity contribution < 1.29 is 80.7 Å². The number of carbonyl (C=O) groups excluding carboxylic acids is 3. The third-order valence-electron chi connectivity index (χ3n) is 9.73. The molecule has 0 aromatic heterocycles. The standard InChI is InChI=1S/C26H38O6.K/c1-15(2)32-23(30)18-14-16-13-17(27)5-9-24(16,3)19-6-10-25(4)20(22(18)19)7-11-26(25,31)12-8-21(28)29;/h13,15,18-20,22,31H,5-12,14H2,1-4H3,(H,28,29);/q;+1/p-1/t18-,19?,20?,22?,24+,25+,26-;/m1./s1. The fourth-order valence-corrected chi connectivity index (χ4v) is 7.95. The molecule has 7 heteroatoms. The zero-order valence-corrected chi connectivity index (χ0v) is 23.9. The van der Waals surface area contributed by atoms with Gasteiger partial charge in [-0.15, -0.1) is 0 Å². The van der Waals surface area contributed by atoms with Crippen LogP contribution >= 0.6 is 0 Å². The Labute approximate surface area is 239 Å². The Morgan fingerprint density at radius 2 is 1.85 bits per heavy atom. The third-order valence-corrected chi connectivity index (χ3v) is 9.73. The molecule has 4 aliphatic rings. The molecular weight excluding hydrogens is 447 g/mol. The molecule has 1 N–H and O–H groups in total. The molecule has 0 aromatic rings. The van der Waals surface area contributed by atoms with E-state index in [4.69, 9.17) is 4.74 Å². The number of ether oxygens (including phenoxy) is 1. The molecule has 7 atom stereocenters. The molecule has 6 nitrogen and oxygen atoms in total. The quantitative estimate of drug-likeness (QED) is 0.434. The van der Waals surface area contributed by atoms with Crippen LogP contribution in [-0.2, 0) is 19.1 Å². The predicted molar refractivity (Wildman–Crippen MR) is 116 cm³/mol. The maximum Gasteiger partial charge on any atom is 1.00 e. The molecule has 33 heavy (non-hydrogen) atoms. The number of rotatable bonds is 5. The number of hydrogen-bond donors (Lipinski definition) is 1. The van der Waals surface area contributed by atoms with E-state index in [2.05, 4.69) is 13.8 Å². The zero-order valence-electron chi connectivity index (χ0n) is 20.8. The van der Waals surface area contributed by atoms with Crippen LogP contribution in [-0.4, -0.2) is 34.5 Å². The molecule has 0 aromatic carbocycles. The number of carbonyl (C=O) groups is 3. The van der Waals surface area contributed by atoms with Gasteiger partial charge in [0, 0.05) is 12.4 Å². The van der Waals surface area contributed by atoms with Gasteiger partial charge in [-0.25, -0.2) is 0 Å². The summed E-state index contributed by atoms with van der Waals surface area (Å²) in [6.45, 7) is 8.06. The van der Waals surface area contributed by atoms with Gasteiger partial charge in [0.15, 0.2) is 5.78 Å². The molecule has 0 spiro atoms. The number of ketones is 1. The van der Waals surface area contributed by atoms with Crippen molar-refractivity contribution in [2.24, 2.45) is 34.5 Å². The minimum atomic E-state index is -1.13. The van der Waals surface area contributed by atoms with Gasteiger partial charge in [-0.3, -0.25) is 9.59 Å². The summed E-state index contributed by atoms with van der Waals surface area (Å²) in [4.78, 5) is 36.7. The first-order valence-electron chi connectivity index (χ1n) is 12.3. The fraction of sp³-hybridized carbons (Fsp3) is 0.808. The summed E-state index contributed by atoms with van der Waals surface area (Å²) in [6, 6.07) is 0. The van der Waals surface area contributed by atoms with E-state index in [1.165, 1.54) is 0 Å². The normalized spacial score (nSPS) is 41.9. The van der Waals surface area contributed by atoms with E-state index in [-0.39, 0.29) is 111 Å². The molecule has 178 valence electrons. The number of allylic oxidation sites excluding steroid dienone is 1. The Morgan fingerprint density at radius 3 is 2.48 bits per heavy atom. The van der Waals surface area contributed by atoms with Gasteiger partial charge in [-0.2, -0.15) is 0 Å². The van der Waals surface area contributed by atoms with Crippen molar-refractivity contribution in [3.63, 3.8) is 0 Å². The third kappa shape index (κ3) is 4.60. The Bertz CT molecular complexity index is 852. The molecular formula is C26H37KO6. The zero-order chi connectivity index (χ0) is 23.5. The van der Waals surface area contributed by atoms with Crippen LogP contribution in [0.2, 0.25) is 0 Å². The van der Waals surface area contributed by atoms with Gasteiger partial charge in [0.1, 0.15) is 0 Å². The number of fused-ring (bicyclic) bond motifs is 5. The summed E-state index contributed by atoms with van der Waals surface area (Å²) < 4.78 is 5.69. The molecule has 0 radical (unpaired) electrons. The smallest absolute Gasteiger partial charge is 0.550 e. The van der Waals surface area contributed by atoms with Gasteiger partial charge >= 0.3 is 57.4 Å². The summed E-state index contributed by atoms with van der Waals surface area (Å²) in [5.41, 5.74) is -0.522. The first-order valence-corrected chi connectivity index (χ1v) is 12.3. The van der Waals surface area contributed by atoms with Crippen molar-refractivity contribution in [1.29, 1.82) is 0 Å². The van der Waals surface area contributed by atoms with Gasteiger partial charge in [0.2, 0.25) is 0 Å². The largest absolute Gasteiger partial charge is 1.00 e. The molecule has 0 bridgehead atoms. The van der Waals surface area contributed by atoms with Crippen LogP contribution in [0, 0.1) is 34.5 Å². The Morgan fingerprint density at radius 1 is 1.18 bits per heavy atom. The molecule has 0 heterocycles. The van der Waals surface area contributed by atoms with E-state index in [1.807, 2.05) is 13.8 Å². The Kier molecular flexibility index (Phi) is 8.16.